The SMILES string of the molecule is CO[C@H]1[C@H](OCc2ccccc2)COC(O)[C@@H]1OCc1ccccc1. The Morgan fingerprint density at radius 3 is 2.00 bits per heavy atom. The molecule has 134 valence electrons. The number of hydrogen-bond acceptors (Lipinski definition) is 5. The standard InChI is InChI=1S/C20H24O5/c1-22-18-17(23-12-15-8-4-2-5-9-15)14-25-20(21)19(18)24-13-16-10-6-3-7-11-16/h2-11,17-21H,12-14H2,1H3/t17-,18+,19-,20?/m1/s1. The summed E-state index contributed by atoms with van der Waals surface area (Å²) in [6.45, 7) is 1.09. The lowest BCUT2D eigenvalue weighted by Gasteiger charge is -2.39. The third kappa shape index (κ3) is 4.87. The van der Waals surface area contributed by atoms with Gasteiger partial charge in [-0.25, -0.2) is 0 Å². The van der Waals surface area contributed by atoms with E-state index in [0.29, 0.717) is 13.2 Å². The van der Waals surface area contributed by atoms with E-state index in [-0.39, 0.29) is 12.7 Å². The number of hydrogen-bond donors (Lipinski definition) is 1. The molecule has 1 unspecified atom stereocenters. The molecule has 0 aliphatic carbocycles. The highest BCUT2D eigenvalue weighted by Gasteiger charge is 2.41. The summed E-state index contributed by atoms with van der Waals surface area (Å²) in [5, 5.41) is 10.2. The largest absolute Gasteiger partial charge is 0.376 e. The van der Waals surface area contributed by atoms with Crippen LogP contribution in [0.15, 0.2) is 60.7 Å². The van der Waals surface area contributed by atoms with Crippen LogP contribution in [0.3, 0.4) is 0 Å². The molecule has 0 amide bonds. The average Bonchev–Trinajstić information content (AvgIpc) is 2.67. The van der Waals surface area contributed by atoms with Crippen LogP contribution < -0.4 is 0 Å². The van der Waals surface area contributed by atoms with Gasteiger partial charge in [0.05, 0.1) is 19.8 Å². The number of rotatable bonds is 7. The van der Waals surface area contributed by atoms with Crippen LogP contribution in [-0.2, 0) is 32.2 Å². The summed E-state index contributed by atoms with van der Waals surface area (Å²) in [7, 11) is 1.60. The first-order chi connectivity index (χ1) is 12.3. The summed E-state index contributed by atoms with van der Waals surface area (Å²) in [5.41, 5.74) is 2.10. The van der Waals surface area contributed by atoms with E-state index >= 15 is 0 Å². The predicted octanol–water partition coefficient (Wildman–Crippen LogP) is 2.52. The van der Waals surface area contributed by atoms with E-state index in [9.17, 15) is 5.11 Å². The summed E-state index contributed by atoms with van der Waals surface area (Å²) in [5.74, 6) is 0. The Balaban J connectivity index is 1.60. The molecule has 1 aliphatic rings. The molecule has 1 heterocycles. The minimum Gasteiger partial charge on any atom is -0.376 e. The van der Waals surface area contributed by atoms with Crippen molar-refractivity contribution < 1.29 is 24.1 Å². The molecular weight excluding hydrogens is 320 g/mol. The molecule has 4 atom stereocenters. The van der Waals surface area contributed by atoms with Gasteiger partial charge in [-0.2, -0.15) is 0 Å². The quantitative estimate of drug-likeness (QED) is 0.836. The second kappa shape index (κ2) is 9.08. The Bertz CT molecular complexity index is 618. The molecule has 5 heteroatoms. The van der Waals surface area contributed by atoms with E-state index in [0.717, 1.165) is 11.1 Å². The third-order valence-corrected chi connectivity index (χ3v) is 4.27. The Morgan fingerprint density at radius 2 is 1.44 bits per heavy atom. The van der Waals surface area contributed by atoms with Crippen LogP contribution in [0.2, 0.25) is 0 Å². The first-order valence-electron chi connectivity index (χ1n) is 8.41. The van der Waals surface area contributed by atoms with Crippen molar-refractivity contribution >= 4 is 0 Å². The number of aliphatic hydroxyl groups is 1. The van der Waals surface area contributed by atoms with E-state index < -0.39 is 18.5 Å². The zero-order chi connectivity index (χ0) is 17.5. The minimum atomic E-state index is -1.04. The number of ether oxygens (including phenoxy) is 4. The first kappa shape index (κ1) is 18.0. The van der Waals surface area contributed by atoms with Crippen LogP contribution in [0.5, 0.6) is 0 Å². The molecule has 0 spiro atoms. The predicted molar refractivity (Wildman–Crippen MR) is 92.8 cm³/mol. The summed E-state index contributed by atoms with van der Waals surface area (Å²) >= 11 is 0. The summed E-state index contributed by atoms with van der Waals surface area (Å²) in [6, 6.07) is 19.7. The molecule has 0 aromatic heterocycles. The van der Waals surface area contributed by atoms with Crippen LogP contribution in [0.1, 0.15) is 11.1 Å². The number of benzene rings is 2. The Kier molecular flexibility index (Phi) is 6.55. The summed E-state index contributed by atoms with van der Waals surface area (Å²) < 4.78 is 22.9. The molecule has 3 rings (SSSR count). The van der Waals surface area contributed by atoms with Crippen molar-refractivity contribution in [2.24, 2.45) is 0 Å². The van der Waals surface area contributed by atoms with Crippen molar-refractivity contribution in [1.82, 2.24) is 0 Å². The van der Waals surface area contributed by atoms with Crippen molar-refractivity contribution in [1.29, 1.82) is 0 Å². The van der Waals surface area contributed by atoms with Gasteiger partial charge < -0.3 is 24.1 Å². The van der Waals surface area contributed by atoms with Gasteiger partial charge in [0.2, 0.25) is 0 Å². The van der Waals surface area contributed by atoms with E-state index in [1.165, 1.54) is 0 Å². The van der Waals surface area contributed by atoms with Gasteiger partial charge in [-0.05, 0) is 11.1 Å². The Morgan fingerprint density at radius 1 is 0.880 bits per heavy atom. The van der Waals surface area contributed by atoms with E-state index in [1.807, 2.05) is 60.7 Å². The van der Waals surface area contributed by atoms with Crippen molar-refractivity contribution in [3.63, 3.8) is 0 Å². The second-order valence-corrected chi connectivity index (χ2v) is 6.02. The number of methoxy groups -OCH3 is 1. The minimum absolute atomic E-state index is 0.262. The van der Waals surface area contributed by atoms with Gasteiger partial charge in [-0.1, -0.05) is 60.7 Å². The average molecular weight is 344 g/mol. The molecule has 2 aromatic carbocycles. The molecule has 1 saturated heterocycles. The van der Waals surface area contributed by atoms with Crippen LogP contribution in [0, 0.1) is 0 Å². The topological polar surface area (TPSA) is 57.2 Å². The van der Waals surface area contributed by atoms with Crippen molar-refractivity contribution in [2.45, 2.75) is 37.8 Å². The highest BCUT2D eigenvalue weighted by atomic mass is 16.7. The van der Waals surface area contributed by atoms with Crippen molar-refractivity contribution in [2.75, 3.05) is 13.7 Å². The molecule has 25 heavy (non-hydrogen) atoms. The lowest BCUT2D eigenvalue weighted by molar-refractivity contribution is -0.280. The molecule has 2 aromatic rings. The monoisotopic (exact) mass is 344 g/mol. The van der Waals surface area contributed by atoms with Gasteiger partial charge in [-0.15, -0.1) is 0 Å². The van der Waals surface area contributed by atoms with Gasteiger partial charge >= 0.3 is 0 Å². The molecule has 1 N–H and O–H groups in total. The second-order valence-electron chi connectivity index (χ2n) is 6.02. The van der Waals surface area contributed by atoms with Gasteiger partial charge in [0.15, 0.2) is 6.29 Å². The fraction of sp³-hybridized carbons (Fsp3) is 0.400. The fourth-order valence-corrected chi connectivity index (χ4v) is 2.91. The maximum absolute atomic E-state index is 10.2. The van der Waals surface area contributed by atoms with Gasteiger partial charge in [0.25, 0.3) is 0 Å². The molecule has 5 nitrogen and oxygen atoms in total. The molecule has 0 radical (unpaired) electrons. The van der Waals surface area contributed by atoms with E-state index in [4.69, 9.17) is 18.9 Å². The fourth-order valence-electron chi connectivity index (χ4n) is 2.91. The molecule has 1 fully saturated rings. The Labute approximate surface area is 148 Å². The molecular formula is C20H24O5. The highest BCUT2D eigenvalue weighted by Crippen LogP contribution is 2.24. The third-order valence-electron chi connectivity index (χ3n) is 4.27. The van der Waals surface area contributed by atoms with Gasteiger partial charge in [-0.3, -0.25) is 0 Å². The lowest BCUT2D eigenvalue weighted by atomic mass is 10.0. The smallest absolute Gasteiger partial charge is 0.183 e. The van der Waals surface area contributed by atoms with E-state index in [2.05, 4.69) is 0 Å². The van der Waals surface area contributed by atoms with Crippen LogP contribution in [0.4, 0.5) is 0 Å². The first-order valence-corrected chi connectivity index (χ1v) is 8.41. The summed E-state index contributed by atoms with van der Waals surface area (Å²) in [6.07, 6.45) is -2.37. The number of aliphatic hydroxyl groups excluding tert-OH is 1. The molecule has 0 bridgehead atoms. The normalized spacial score (nSPS) is 26.5. The lowest BCUT2D eigenvalue weighted by Crippen LogP contribution is -2.55. The Hall–Kier alpha value is -1.76. The van der Waals surface area contributed by atoms with Gasteiger partial charge in [0, 0.05) is 7.11 Å². The van der Waals surface area contributed by atoms with Crippen LogP contribution in [-0.4, -0.2) is 43.4 Å². The molecule has 0 saturated carbocycles. The zero-order valence-corrected chi connectivity index (χ0v) is 14.3. The van der Waals surface area contributed by atoms with Crippen LogP contribution >= 0.6 is 0 Å². The van der Waals surface area contributed by atoms with Crippen molar-refractivity contribution in [3.05, 3.63) is 71.8 Å². The van der Waals surface area contributed by atoms with Crippen LogP contribution in [0.25, 0.3) is 0 Å². The zero-order valence-electron chi connectivity index (χ0n) is 14.3. The molecule has 1 aliphatic heterocycles. The highest BCUT2D eigenvalue weighted by molar-refractivity contribution is 5.14. The van der Waals surface area contributed by atoms with Gasteiger partial charge in [0.1, 0.15) is 18.3 Å². The van der Waals surface area contributed by atoms with Crippen molar-refractivity contribution in [3.8, 4) is 0 Å². The maximum Gasteiger partial charge on any atom is 0.183 e. The summed E-state index contributed by atoms with van der Waals surface area (Å²) in [4.78, 5) is 0. The van der Waals surface area contributed by atoms with E-state index in [1.54, 1.807) is 7.11 Å². The maximum atomic E-state index is 10.2.